The lowest BCUT2D eigenvalue weighted by atomic mass is 10.3. The smallest absolute Gasteiger partial charge is 0.246 e. The van der Waals surface area contributed by atoms with Gasteiger partial charge in [-0.2, -0.15) is 5.10 Å². The fourth-order valence-electron chi connectivity index (χ4n) is 1.03. The Labute approximate surface area is 76.6 Å². The van der Waals surface area contributed by atoms with Gasteiger partial charge in [-0.25, -0.2) is 0 Å². The summed E-state index contributed by atoms with van der Waals surface area (Å²) in [6.45, 7) is 1.73. The van der Waals surface area contributed by atoms with Crippen LogP contribution < -0.4 is 0 Å². The third kappa shape index (κ3) is 1.99. The number of hydrogen-bond acceptors (Lipinski definition) is 3. The van der Waals surface area contributed by atoms with E-state index < -0.39 is 0 Å². The average molecular weight is 183 g/mol. The van der Waals surface area contributed by atoms with Crippen LogP contribution in [0.4, 0.5) is 0 Å². The van der Waals surface area contributed by atoms with E-state index in [0.717, 1.165) is 0 Å². The summed E-state index contributed by atoms with van der Waals surface area (Å²) in [6, 6.07) is -0.379. The fraction of sp³-hybridized carbons (Fsp3) is 0.500. The van der Waals surface area contributed by atoms with E-state index in [4.69, 9.17) is 5.11 Å². The van der Waals surface area contributed by atoms with Crippen molar-refractivity contribution in [2.75, 3.05) is 14.1 Å². The zero-order valence-electron chi connectivity index (χ0n) is 7.93. The van der Waals surface area contributed by atoms with Gasteiger partial charge < -0.3 is 10.0 Å². The van der Waals surface area contributed by atoms with Crippen LogP contribution in [0.1, 0.15) is 13.0 Å². The lowest BCUT2D eigenvalue weighted by Gasteiger charge is -2.16. The fourth-order valence-corrected chi connectivity index (χ4v) is 1.03. The van der Waals surface area contributed by atoms with Crippen molar-refractivity contribution in [3.8, 4) is 5.75 Å². The summed E-state index contributed by atoms with van der Waals surface area (Å²) in [7, 11) is 3.37. The summed E-state index contributed by atoms with van der Waals surface area (Å²) in [5, 5.41) is 12.9. The number of aromatic nitrogens is 2. The second kappa shape index (κ2) is 3.47. The Morgan fingerprint density at radius 1 is 1.69 bits per heavy atom. The Morgan fingerprint density at radius 2 is 2.31 bits per heavy atom. The van der Waals surface area contributed by atoms with Gasteiger partial charge in [-0.05, 0) is 6.92 Å². The number of carbonyl (C=O) groups is 1. The van der Waals surface area contributed by atoms with E-state index in [9.17, 15) is 4.79 Å². The highest BCUT2D eigenvalue weighted by Gasteiger charge is 2.17. The Balaban J connectivity index is 2.79. The minimum absolute atomic E-state index is 0.0527. The highest BCUT2D eigenvalue weighted by molar-refractivity contribution is 5.79. The van der Waals surface area contributed by atoms with Crippen molar-refractivity contribution in [1.29, 1.82) is 0 Å². The van der Waals surface area contributed by atoms with Gasteiger partial charge in [0.05, 0.1) is 12.4 Å². The van der Waals surface area contributed by atoms with E-state index in [-0.39, 0.29) is 17.7 Å². The van der Waals surface area contributed by atoms with Crippen LogP contribution in [-0.2, 0) is 4.79 Å². The van der Waals surface area contributed by atoms with E-state index in [1.165, 1.54) is 22.0 Å². The number of amides is 1. The lowest BCUT2D eigenvalue weighted by Crippen LogP contribution is -2.30. The number of likely N-dealkylation sites (N-methyl/N-ethyl adjacent to an activating group) is 1. The van der Waals surface area contributed by atoms with Crippen LogP contribution >= 0.6 is 0 Å². The first-order valence-corrected chi connectivity index (χ1v) is 3.96. The maximum absolute atomic E-state index is 11.4. The number of aromatic hydroxyl groups is 1. The molecule has 0 fully saturated rings. The van der Waals surface area contributed by atoms with Gasteiger partial charge in [0, 0.05) is 14.1 Å². The summed E-state index contributed by atoms with van der Waals surface area (Å²) >= 11 is 0. The third-order valence-electron chi connectivity index (χ3n) is 1.78. The van der Waals surface area contributed by atoms with Crippen LogP contribution in [0.2, 0.25) is 0 Å². The molecule has 1 amide bonds. The number of nitrogens with zero attached hydrogens (tertiary/aromatic N) is 3. The predicted octanol–water partition coefficient (Wildman–Crippen LogP) is 0.238. The molecule has 1 N–H and O–H groups in total. The van der Waals surface area contributed by atoms with Crippen molar-refractivity contribution < 1.29 is 9.90 Å². The topological polar surface area (TPSA) is 58.4 Å². The molecule has 72 valence electrons. The molecule has 1 unspecified atom stereocenters. The van der Waals surface area contributed by atoms with Gasteiger partial charge in [0.15, 0.2) is 5.75 Å². The molecule has 0 bridgehead atoms. The molecule has 13 heavy (non-hydrogen) atoms. The molecule has 0 spiro atoms. The van der Waals surface area contributed by atoms with E-state index >= 15 is 0 Å². The number of hydrogen-bond donors (Lipinski definition) is 1. The van der Waals surface area contributed by atoms with Gasteiger partial charge in [0.1, 0.15) is 6.04 Å². The molecule has 0 aliphatic heterocycles. The molecule has 5 heteroatoms. The molecule has 0 aliphatic carbocycles. The van der Waals surface area contributed by atoms with Gasteiger partial charge in [0.2, 0.25) is 5.91 Å². The predicted molar refractivity (Wildman–Crippen MR) is 47.3 cm³/mol. The first-order valence-electron chi connectivity index (χ1n) is 3.96. The van der Waals surface area contributed by atoms with Crippen molar-refractivity contribution in [2.45, 2.75) is 13.0 Å². The molecule has 1 atom stereocenters. The minimum atomic E-state index is -0.379. The first-order chi connectivity index (χ1) is 6.02. The van der Waals surface area contributed by atoms with Crippen molar-refractivity contribution in [2.24, 2.45) is 0 Å². The summed E-state index contributed by atoms with van der Waals surface area (Å²) < 4.78 is 1.43. The number of rotatable bonds is 2. The molecule has 1 aromatic rings. The molecule has 0 aromatic carbocycles. The van der Waals surface area contributed by atoms with Crippen molar-refractivity contribution in [3.63, 3.8) is 0 Å². The Bertz CT molecular complexity index is 306. The maximum Gasteiger partial charge on any atom is 0.246 e. The Morgan fingerprint density at radius 3 is 2.69 bits per heavy atom. The Kier molecular flexibility index (Phi) is 2.55. The largest absolute Gasteiger partial charge is 0.505 e. The third-order valence-corrected chi connectivity index (χ3v) is 1.78. The normalized spacial score (nSPS) is 12.5. The van der Waals surface area contributed by atoms with E-state index in [1.807, 2.05) is 0 Å². The molecule has 0 saturated carbocycles. The van der Waals surface area contributed by atoms with Gasteiger partial charge >= 0.3 is 0 Å². The van der Waals surface area contributed by atoms with E-state index in [2.05, 4.69) is 5.10 Å². The molecular weight excluding hydrogens is 170 g/mol. The average Bonchev–Trinajstić information content (AvgIpc) is 2.49. The molecule has 5 nitrogen and oxygen atoms in total. The van der Waals surface area contributed by atoms with E-state index in [0.29, 0.717) is 0 Å². The molecule has 1 rings (SSSR count). The number of carbonyl (C=O) groups excluding carboxylic acids is 1. The molecular formula is C8H13N3O2. The second-order valence-corrected chi connectivity index (χ2v) is 3.09. The Hall–Kier alpha value is -1.52. The first kappa shape index (κ1) is 9.57. The van der Waals surface area contributed by atoms with Crippen molar-refractivity contribution >= 4 is 5.91 Å². The summed E-state index contributed by atoms with van der Waals surface area (Å²) in [5.74, 6) is 0.0153. The van der Waals surface area contributed by atoms with Crippen LogP contribution in [0.5, 0.6) is 5.75 Å². The minimum Gasteiger partial charge on any atom is -0.505 e. The maximum atomic E-state index is 11.4. The van der Waals surface area contributed by atoms with E-state index in [1.54, 1.807) is 21.0 Å². The highest BCUT2D eigenvalue weighted by atomic mass is 16.3. The molecule has 1 heterocycles. The van der Waals surface area contributed by atoms with Crippen molar-refractivity contribution in [1.82, 2.24) is 14.7 Å². The van der Waals surface area contributed by atoms with Crippen LogP contribution in [0, 0.1) is 0 Å². The van der Waals surface area contributed by atoms with Crippen LogP contribution in [-0.4, -0.2) is 39.8 Å². The quantitative estimate of drug-likeness (QED) is 0.714. The van der Waals surface area contributed by atoms with Crippen LogP contribution in [0.25, 0.3) is 0 Å². The molecule has 0 saturated heterocycles. The SMILES string of the molecule is CC(C(=O)N(C)C)n1cc(O)cn1. The van der Waals surface area contributed by atoms with Gasteiger partial charge in [0.25, 0.3) is 0 Å². The zero-order chi connectivity index (χ0) is 10.0. The molecule has 0 aliphatic rings. The summed E-state index contributed by atoms with van der Waals surface area (Å²) in [6.07, 6.45) is 2.73. The summed E-state index contributed by atoms with van der Waals surface area (Å²) in [5.41, 5.74) is 0. The zero-order valence-corrected chi connectivity index (χ0v) is 7.93. The lowest BCUT2D eigenvalue weighted by molar-refractivity contribution is -0.131. The highest BCUT2D eigenvalue weighted by Crippen LogP contribution is 2.11. The molecule has 0 radical (unpaired) electrons. The summed E-state index contributed by atoms with van der Waals surface area (Å²) in [4.78, 5) is 12.9. The van der Waals surface area contributed by atoms with Crippen LogP contribution in [0.15, 0.2) is 12.4 Å². The second-order valence-electron chi connectivity index (χ2n) is 3.09. The standard InChI is InChI=1S/C8H13N3O2/c1-6(8(13)10(2)3)11-5-7(12)4-9-11/h4-6,12H,1-3H3. The van der Waals surface area contributed by atoms with Gasteiger partial charge in [-0.3, -0.25) is 9.48 Å². The van der Waals surface area contributed by atoms with Crippen LogP contribution in [0.3, 0.4) is 0 Å². The van der Waals surface area contributed by atoms with Crippen molar-refractivity contribution in [3.05, 3.63) is 12.4 Å². The molecule has 1 aromatic heterocycles. The van der Waals surface area contributed by atoms with Gasteiger partial charge in [-0.1, -0.05) is 0 Å². The van der Waals surface area contributed by atoms with Gasteiger partial charge in [-0.15, -0.1) is 0 Å². The monoisotopic (exact) mass is 183 g/mol.